The van der Waals surface area contributed by atoms with Gasteiger partial charge in [-0.1, -0.05) is 54.6 Å². The van der Waals surface area contributed by atoms with Crippen molar-refractivity contribution in [2.24, 2.45) is 0 Å². The Labute approximate surface area is 157 Å². The Morgan fingerprint density at radius 3 is 2.37 bits per heavy atom. The van der Waals surface area contributed by atoms with Crippen molar-refractivity contribution in [2.75, 3.05) is 5.73 Å². The number of hydrogen-bond acceptors (Lipinski definition) is 2. The van der Waals surface area contributed by atoms with Crippen LogP contribution in [0.15, 0.2) is 84.9 Å². The molecule has 3 heteroatoms. The van der Waals surface area contributed by atoms with E-state index < -0.39 is 0 Å². The average molecular weight is 349 g/mol. The lowest BCUT2D eigenvalue weighted by Gasteiger charge is -2.11. The fraction of sp³-hybridized carbons (Fsp3) is 0.0417. The fourth-order valence-corrected chi connectivity index (χ4v) is 3.62. The van der Waals surface area contributed by atoms with Crippen molar-refractivity contribution in [3.8, 4) is 11.3 Å². The molecule has 0 saturated heterocycles. The van der Waals surface area contributed by atoms with E-state index in [2.05, 4.69) is 53.5 Å². The van der Waals surface area contributed by atoms with Gasteiger partial charge in [-0.25, -0.2) is 0 Å². The van der Waals surface area contributed by atoms with E-state index in [4.69, 9.17) is 10.7 Å². The van der Waals surface area contributed by atoms with Crippen molar-refractivity contribution < 1.29 is 0 Å². The van der Waals surface area contributed by atoms with Crippen molar-refractivity contribution in [1.29, 1.82) is 0 Å². The van der Waals surface area contributed by atoms with E-state index in [1.54, 1.807) is 0 Å². The second-order valence-corrected chi connectivity index (χ2v) is 6.82. The van der Waals surface area contributed by atoms with E-state index in [9.17, 15) is 0 Å². The van der Waals surface area contributed by atoms with E-state index in [0.717, 1.165) is 44.6 Å². The van der Waals surface area contributed by atoms with Crippen molar-refractivity contribution in [1.82, 2.24) is 9.97 Å². The fourth-order valence-electron chi connectivity index (χ4n) is 3.62. The van der Waals surface area contributed by atoms with Gasteiger partial charge in [-0.2, -0.15) is 0 Å². The first kappa shape index (κ1) is 15.6. The Kier molecular flexibility index (Phi) is 3.65. The second-order valence-electron chi connectivity index (χ2n) is 6.82. The van der Waals surface area contributed by atoms with Crippen LogP contribution in [-0.4, -0.2) is 9.97 Å². The number of aromatic amines is 1. The number of anilines is 1. The van der Waals surface area contributed by atoms with Gasteiger partial charge in [0, 0.05) is 39.7 Å². The molecule has 0 aliphatic carbocycles. The average Bonchev–Trinajstić information content (AvgIpc) is 3.13. The van der Waals surface area contributed by atoms with Gasteiger partial charge >= 0.3 is 0 Å². The molecule has 0 atom stereocenters. The molecule has 27 heavy (non-hydrogen) atoms. The van der Waals surface area contributed by atoms with Crippen LogP contribution in [0.5, 0.6) is 0 Å². The van der Waals surface area contributed by atoms with Gasteiger partial charge in [0.15, 0.2) is 0 Å². The van der Waals surface area contributed by atoms with Gasteiger partial charge in [-0.15, -0.1) is 0 Å². The molecule has 3 aromatic carbocycles. The number of benzene rings is 3. The summed E-state index contributed by atoms with van der Waals surface area (Å²) in [4.78, 5) is 8.53. The van der Waals surface area contributed by atoms with Crippen LogP contribution in [0.4, 0.5) is 5.69 Å². The Morgan fingerprint density at radius 1 is 0.778 bits per heavy atom. The minimum Gasteiger partial charge on any atom is -0.398 e. The molecular weight excluding hydrogens is 330 g/mol. The highest BCUT2D eigenvalue weighted by molar-refractivity contribution is 5.90. The van der Waals surface area contributed by atoms with Crippen LogP contribution in [0, 0.1) is 0 Å². The summed E-state index contributed by atoms with van der Waals surface area (Å²) < 4.78 is 0. The van der Waals surface area contributed by atoms with Crippen molar-refractivity contribution >= 4 is 27.5 Å². The molecule has 2 heterocycles. The molecule has 3 nitrogen and oxygen atoms in total. The maximum Gasteiger partial charge on any atom is 0.0705 e. The number of fused-ring (bicyclic) bond motifs is 2. The molecule has 0 fully saturated rings. The minimum absolute atomic E-state index is 0.697. The molecule has 0 bridgehead atoms. The van der Waals surface area contributed by atoms with Crippen molar-refractivity contribution in [3.05, 3.63) is 96.2 Å². The van der Waals surface area contributed by atoms with Gasteiger partial charge in [-0.05, 0) is 35.9 Å². The Balaban J connectivity index is 1.72. The summed E-state index contributed by atoms with van der Waals surface area (Å²) in [6.45, 7) is 0. The number of rotatable bonds is 3. The van der Waals surface area contributed by atoms with Gasteiger partial charge in [0.2, 0.25) is 0 Å². The van der Waals surface area contributed by atoms with Gasteiger partial charge in [0.1, 0.15) is 0 Å². The summed E-state index contributed by atoms with van der Waals surface area (Å²) in [5, 5.41) is 2.33. The minimum atomic E-state index is 0.697. The van der Waals surface area contributed by atoms with Crippen LogP contribution in [-0.2, 0) is 6.42 Å². The highest BCUT2D eigenvalue weighted by atomic mass is 14.8. The van der Waals surface area contributed by atoms with Crippen molar-refractivity contribution in [2.45, 2.75) is 6.42 Å². The van der Waals surface area contributed by atoms with Crippen LogP contribution < -0.4 is 5.73 Å². The first-order valence-corrected chi connectivity index (χ1v) is 9.08. The lowest BCUT2D eigenvalue weighted by molar-refractivity contribution is 1.10. The molecule has 5 aromatic rings. The molecule has 0 unspecified atom stereocenters. The van der Waals surface area contributed by atoms with E-state index in [0.29, 0.717) is 6.42 Å². The predicted octanol–water partition coefficient (Wildman–Crippen LogP) is 5.56. The van der Waals surface area contributed by atoms with Crippen LogP contribution in [0.2, 0.25) is 0 Å². The molecule has 0 saturated carbocycles. The standard InChI is InChI=1S/C24H19N3/c25-20-10-4-1-7-16(20)14-23-19(13-17-8-2-5-11-21(17)26-23)24-15-18-9-3-6-12-22(18)27-24/h1-13,15,27H,14,25H2. The quantitative estimate of drug-likeness (QED) is 0.419. The van der Waals surface area contributed by atoms with Gasteiger partial charge in [0.05, 0.1) is 11.2 Å². The third-order valence-corrected chi connectivity index (χ3v) is 5.04. The normalized spacial score (nSPS) is 11.3. The second kappa shape index (κ2) is 6.29. The highest BCUT2D eigenvalue weighted by Gasteiger charge is 2.13. The molecule has 5 rings (SSSR count). The molecule has 2 aromatic heterocycles. The van der Waals surface area contributed by atoms with Gasteiger partial charge in [-0.3, -0.25) is 4.98 Å². The van der Waals surface area contributed by atoms with Crippen LogP contribution in [0.3, 0.4) is 0 Å². The molecule has 0 spiro atoms. The largest absolute Gasteiger partial charge is 0.398 e. The predicted molar refractivity (Wildman–Crippen MR) is 113 cm³/mol. The van der Waals surface area contributed by atoms with E-state index in [-0.39, 0.29) is 0 Å². The highest BCUT2D eigenvalue weighted by Crippen LogP contribution is 2.31. The Bertz CT molecular complexity index is 1230. The zero-order chi connectivity index (χ0) is 18.2. The monoisotopic (exact) mass is 349 g/mol. The van der Waals surface area contributed by atoms with Gasteiger partial charge < -0.3 is 10.7 Å². The van der Waals surface area contributed by atoms with Crippen LogP contribution in [0.1, 0.15) is 11.3 Å². The third kappa shape index (κ3) is 2.83. The van der Waals surface area contributed by atoms with E-state index >= 15 is 0 Å². The molecule has 0 radical (unpaired) electrons. The maximum atomic E-state index is 6.20. The number of nitrogens with zero attached hydrogens (tertiary/aromatic N) is 1. The summed E-state index contributed by atoms with van der Waals surface area (Å²) in [5.41, 5.74) is 13.5. The number of nitrogen functional groups attached to an aromatic ring is 1. The zero-order valence-corrected chi connectivity index (χ0v) is 14.8. The lowest BCUT2D eigenvalue weighted by Crippen LogP contribution is -2.00. The number of hydrogen-bond donors (Lipinski definition) is 2. The molecule has 0 aliphatic heterocycles. The van der Waals surface area contributed by atoms with Crippen LogP contribution in [0.25, 0.3) is 33.1 Å². The molecular formula is C24H19N3. The molecule has 3 N–H and O–H groups in total. The number of pyridine rings is 1. The maximum absolute atomic E-state index is 6.20. The van der Waals surface area contributed by atoms with E-state index in [1.807, 2.05) is 36.4 Å². The SMILES string of the molecule is Nc1ccccc1Cc1nc2ccccc2cc1-c1cc2ccccc2[nH]1. The number of para-hydroxylation sites is 3. The summed E-state index contributed by atoms with van der Waals surface area (Å²) in [6.07, 6.45) is 0.697. The lowest BCUT2D eigenvalue weighted by atomic mass is 10.00. The number of nitrogens with one attached hydrogen (secondary N) is 1. The summed E-state index contributed by atoms with van der Waals surface area (Å²) in [5.74, 6) is 0. The zero-order valence-electron chi connectivity index (χ0n) is 14.8. The first-order valence-electron chi connectivity index (χ1n) is 9.08. The third-order valence-electron chi connectivity index (χ3n) is 5.04. The Hall–Kier alpha value is -3.59. The van der Waals surface area contributed by atoms with Crippen molar-refractivity contribution in [3.63, 3.8) is 0 Å². The molecule has 0 aliphatic rings. The topological polar surface area (TPSA) is 54.7 Å². The number of aromatic nitrogens is 2. The van der Waals surface area contributed by atoms with Gasteiger partial charge in [0.25, 0.3) is 0 Å². The number of nitrogens with two attached hydrogens (primary N) is 1. The molecule has 130 valence electrons. The summed E-state index contributed by atoms with van der Waals surface area (Å²) in [6, 6.07) is 29.0. The first-order chi connectivity index (χ1) is 13.3. The Morgan fingerprint density at radius 2 is 1.52 bits per heavy atom. The van der Waals surface area contributed by atoms with Crippen LogP contribution >= 0.6 is 0 Å². The summed E-state index contributed by atoms with van der Waals surface area (Å²) in [7, 11) is 0. The smallest absolute Gasteiger partial charge is 0.0705 e. The number of H-pyrrole nitrogens is 1. The molecule has 0 amide bonds. The summed E-state index contributed by atoms with van der Waals surface area (Å²) >= 11 is 0. The van der Waals surface area contributed by atoms with E-state index in [1.165, 1.54) is 5.39 Å².